The number of carbonyl (C=O) groups is 2. The van der Waals surface area contributed by atoms with Crippen LogP contribution in [0.2, 0.25) is 0 Å². The van der Waals surface area contributed by atoms with E-state index in [0.717, 1.165) is 0 Å². The molecule has 0 saturated carbocycles. The van der Waals surface area contributed by atoms with Crippen LogP contribution in [0.1, 0.15) is 28.1 Å². The normalized spacial score (nSPS) is 8.29. The Morgan fingerprint density at radius 2 is 1.59 bits per heavy atom. The average Bonchev–Trinajstić information content (AvgIpc) is 2.16. The van der Waals surface area contributed by atoms with Gasteiger partial charge in [-0.05, 0) is 6.42 Å². The fourth-order valence-corrected chi connectivity index (χ4v) is 0.402. The minimum Gasteiger partial charge on any atom is -1.00 e. The number of nitriles is 2. The van der Waals surface area contributed by atoms with Crippen molar-refractivity contribution in [1.82, 2.24) is 0 Å². The van der Waals surface area contributed by atoms with Gasteiger partial charge in [0.15, 0.2) is 0 Å². The summed E-state index contributed by atoms with van der Waals surface area (Å²) in [6.07, 6.45) is -0.224. The average molecular weight is 269 g/mol. The Hall–Kier alpha value is -0.484. The maximum Gasteiger partial charge on any atom is 1.00 e. The first-order valence-corrected chi connectivity index (χ1v) is 4.19. The van der Waals surface area contributed by atoms with E-state index in [2.05, 4.69) is 0 Å². The molecule has 1 unspecified atom stereocenters. The number of nitrogens with two attached hydrogens (primary N) is 1. The van der Waals surface area contributed by atoms with Crippen LogP contribution in [0.3, 0.4) is 0 Å². The Bertz CT molecular complexity index is 277. The number of hydrogen-bond acceptors (Lipinski definition) is 5. The molecule has 4 N–H and O–H groups in total. The van der Waals surface area contributed by atoms with Crippen LogP contribution in [0.4, 0.5) is 0 Å². The van der Waals surface area contributed by atoms with Crippen molar-refractivity contribution in [2.75, 3.05) is 0 Å². The summed E-state index contributed by atoms with van der Waals surface area (Å²) in [5.41, 5.74) is 5.00. The van der Waals surface area contributed by atoms with Crippen molar-refractivity contribution in [3.63, 3.8) is 0 Å². The number of rotatable bonds is 4. The summed E-state index contributed by atoms with van der Waals surface area (Å²) < 4.78 is 0. The molecule has 0 heterocycles. The Balaban J connectivity index is -0.0000000603. The minimum absolute atomic E-state index is 0. The number of aliphatic carboxylic acids is 2. The molecule has 0 bridgehead atoms. The number of hydrogen-bond donors (Lipinski definition) is 3. The van der Waals surface area contributed by atoms with E-state index < -0.39 is 18.0 Å². The van der Waals surface area contributed by atoms with Crippen molar-refractivity contribution >= 4 is 11.9 Å². The Morgan fingerprint density at radius 3 is 1.76 bits per heavy atom. The zero-order valence-electron chi connectivity index (χ0n) is 11.2. The van der Waals surface area contributed by atoms with Crippen molar-refractivity contribution in [3.05, 3.63) is 0 Å². The van der Waals surface area contributed by atoms with E-state index >= 15 is 0 Å². The van der Waals surface area contributed by atoms with E-state index in [0.29, 0.717) is 0 Å². The van der Waals surface area contributed by atoms with E-state index in [9.17, 15) is 9.59 Å². The summed E-state index contributed by atoms with van der Waals surface area (Å²) in [4.78, 5) is 19.9. The van der Waals surface area contributed by atoms with Gasteiger partial charge in [0, 0.05) is 20.3 Å². The third kappa shape index (κ3) is 39.1. The summed E-state index contributed by atoms with van der Waals surface area (Å²) in [5, 5.41) is 30.9. The van der Waals surface area contributed by atoms with Crippen LogP contribution in [-0.4, -0.2) is 28.2 Å². The van der Waals surface area contributed by atoms with E-state index in [1.807, 2.05) is 0 Å². The summed E-state index contributed by atoms with van der Waals surface area (Å²) in [7, 11) is 0. The van der Waals surface area contributed by atoms with E-state index in [4.69, 9.17) is 26.5 Å². The molecular weight excluding hydrogens is 253 g/mol. The van der Waals surface area contributed by atoms with Gasteiger partial charge in [0.1, 0.15) is 6.04 Å². The van der Waals surface area contributed by atoms with Crippen molar-refractivity contribution < 1.29 is 72.6 Å². The second kappa shape index (κ2) is 20.9. The van der Waals surface area contributed by atoms with Crippen molar-refractivity contribution in [1.29, 1.82) is 10.5 Å². The summed E-state index contributed by atoms with van der Waals surface area (Å²) >= 11 is 0. The fraction of sp³-hybridized carbons (Fsp3) is 0.556. The summed E-state index contributed by atoms with van der Waals surface area (Å²) in [6.45, 7) is 2.86. The van der Waals surface area contributed by atoms with Crippen LogP contribution in [0.15, 0.2) is 0 Å². The minimum atomic E-state index is -1.17. The van der Waals surface area contributed by atoms with E-state index in [-0.39, 0.29) is 65.7 Å². The first-order valence-electron chi connectivity index (χ1n) is 4.19. The Labute approximate surface area is 144 Å². The monoisotopic (exact) mass is 269 g/mol. The van der Waals surface area contributed by atoms with Gasteiger partial charge in [0.2, 0.25) is 0 Å². The third-order valence-electron chi connectivity index (χ3n) is 0.986. The molecule has 0 aliphatic carbocycles. The molecular formula is C9H16KN3O4. The molecule has 0 aromatic rings. The van der Waals surface area contributed by atoms with Gasteiger partial charge in [-0.25, -0.2) is 0 Å². The molecule has 92 valence electrons. The molecule has 17 heavy (non-hydrogen) atoms. The van der Waals surface area contributed by atoms with Gasteiger partial charge in [-0.3, -0.25) is 9.59 Å². The molecule has 0 fully saturated rings. The molecule has 0 saturated heterocycles. The molecule has 0 aromatic heterocycles. The second-order valence-electron chi connectivity index (χ2n) is 2.32. The molecule has 0 rings (SSSR count). The molecule has 0 aliphatic rings. The molecule has 1 atom stereocenters. The van der Waals surface area contributed by atoms with Crippen molar-refractivity contribution in [2.24, 2.45) is 5.73 Å². The first-order chi connectivity index (χ1) is 7.37. The molecule has 0 radical (unpaired) electrons. The standard InChI is InChI=1S/C5H9NO4.2C2H3N.K.H/c6-3(5(9)10)1-2-4(7)8;2*1-2-3;;/h3H,1-2,6H2,(H,7,8)(H,9,10);2*1H3;;/q;;;+1;-1. The van der Waals surface area contributed by atoms with Gasteiger partial charge >= 0.3 is 63.3 Å². The smallest absolute Gasteiger partial charge is 1.00 e. The van der Waals surface area contributed by atoms with Crippen LogP contribution >= 0.6 is 0 Å². The molecule has 0 amide bonds. The van der Waals surface area contributed by atoms with E-state index in [1.165, 1.54) is 13.8 Å². The number of nitrogens with zero attached hydrogens (tertiary/aromatic N) is 2. The van der Waals surface area contributed by atoms with Gasteiger partial charge in [0.25, 0.3) is 0 Å². The van der Waals surface area contributed by atoms with Crippen molar-refractivity contribution in [2.45, 2.75) is 32.7 Å². The molecule has 0 aliphatic heterocycles. The van der Waals surface area contributed by atoms with Gasteiger partial charge < -0.3 is 17.4 Å². The van der Waals surface area contributed by atoms with Gasteiger partial charge in [-0.15, -0.1) is 0 Å². The Morgan fingerprint density at radius 1 is 1.29 bits per heavy atom. The molecule has 8 heteroatoms. The Kier molecular flexibility index (Phi) is 31.2. The zero-order valence-corrected chi connectivity index (χ0v) is 13.3. The van der Waals surface area contributed by atoms with Crippen LogP contribution < -0.4 is 57.1 Å². The van der Waals surface area contributed by atoms with Crippen LogP contribution in [0, 0.1) is 22.7 Å². The molecule has 0 spiro atoms. The molecule has 7 nitrogen and oxygen atoms in total. The maximum atomic E-state index is 9.99. The van der Waals surface area contributed by atoms with Gasteiger partial charge in [-0.2, -0.15) is 10.5 Å². The van der Waals surface area contributed by atoms with E-state index in [1.54, 1.807) is 12.1 Å². The largest absolute Gasteiger partial charge is 1.00 e. The number of carboxylic acids is 2. The summed E-state index contributed by atoms with van der Waals surface area (Å²) in [5.74, 6) is -2.20. The topological polar surface area (TPSA) is 148 Å². The van der Waals surface area contributed by atoms with Gasteiger partial charge in [-0.1, -0.05) is 0 Å². The predicted octanol–water partition coefficient (Wildman–Crippen LogP) is -2.56. The van der Waals surface area contributed by atoms with Crippen LogP contribution in [0.5, 0.6) is 0 Å². The quantitative estimate of drug-likeness (QED) is 0.475. The summed E-state index contributed by atoms with van der Waals surface area (Å²) in [6, 6.07) is 2.44. The zero-order chi connectivity index (χ0) is 13.6. The SMILES string of the molecule is CC#N.CC#N.NC(CCC(=O)O)C(=O)O.[H-].[K+]. The fourth-order valence-electron chi connectivity index (χ4n) is 0.402. The maximum absolute atomic E-state index is 9.99. The van der Waals surface area contributed by atoms with Crippen LogP contribution in [-0.2, 0) is 9.59 Å². The van der Waals surface area contributed by atoms with Gasteiger partial charge in [0.05, 0.1) is 12.1 Å². The molecule has 0 aromatic carbocycles. The van der Waals surface area contributed by atoms with Crippen LogP contribution in [0.25, 0.3) is 0 Å². The number of carboxylic acid groups (broad SMARTS) is 2. The third-order valence-corrected chi connectivity index (χ3v) is 0.986. The van der Waals surface area contributed by atoms with Crippen molar-refractivity contribution in [3.8, 4) is 12.1 Å². The first kappa shape index (κ1) is 25.4. The second-order valence-corrected chi connectivity index (χ2v) is 2.32. The predicted molar refractivity (Wildman–Crippen MR) is 56.2 cm³/mol.